The summed E-state index contributed by atoms with van der Waals surface area (Å²) in [4.78, 5) is 26.8. The second-order valence-electron chi connectivity index (χ2n) is 6.94. The van der Waals surface area contributed by atoms with Gasteiger partial charge < -0.3 is 19.2 Å². The quantitative estimate of drug-likeness (QED) is 0.907. The fourth-order valence-corrected chi connectivity index (χ4v) is 3.56. The van der Waals surface area contributed by atoms with E-state index in [2.05, 4.69) is 10.5 Å². The lowest BCUT2D eigenvalue weighted by molar-refractivity contribution is -0.133. The highest BCUT2D eigenvalue weighted by atomic mass is 16.5. The van der Waals surface area contributed by atoms with E-state index >= 15 is 0 Å². The molecule has 1 saturated heterocycles. The van der Waals surface area contributed by atoms with E-state index in [1.165, 1.54) is 0 Å². The number of carbonyl (C=O) groups excluding carboxylic acids is 2. The molecule has 1 N–H and O–H groups in total. The smallest absolute Gasteiger partial charge is 0.287 e. The van der Waals surface area contributed by atoms with Crippen LogP contribution in [0.25, 0.3) is 0 Å². The third-order valence-electron chi connectivity index (χ3n) is 5.00. The number of carbonyl (C=O) groups is 2. The van der Waals surface area contributed by atoms with Crippen LogP contribution >= 0.6 is 0 Å². The van der Waals surface area contributed by atoms with Crippen molar-refractivity contribution in [1.29, 1.82) is 0 Å². The van der Waals surface area contributed by atoms with E-state index in [1.807, 2.05) is 25.7 Å². The average Bonchev–Trinajstić information content (AvgIpc) is 3.20. The summed E-state index contributed by atoms with van der Waals surface area (Å²) in [6.45, 7) is 8.62. The van der Waals surface area contributed by atoms with Gasteiger partial charge in [-0.2, -0.15) is 0 Å². The highest BCUT2D eigenvalue weighted by molar-refractivity contribution is 5.91. The first-order valence-corrected chi connectivity index (χ1v) is 8.95. The molecule has 2 amide bonds. The Labute approximate surface area is 152 Å². The van der Waals surface area contributed by atoms with Crippen LogP contribution in [0, 0.1) is 20.8 Å². The molecule has 26 heavy (non-hydrogen) atoms. The summed E-state index contributed by atoms with van der Waals surface area (Å²) in [5.74, 6) is 1.33. The zero-order chi connectivity index (χ0) is 18.8. The molecule has 1 unspecified atom stereocenters. The second kappa shape index (κ2) is 7.35. The first kappa shape index (κ1) is 18.2. The van der Waals surface area contributed by atoms with Crippen molar-refractivity contribution in [2.45, 2.75) is 52.5 Å². The summed E-state index contributed by atoms with van der Waals surface area (Å²) < 4.78 is 10.5. The number of amides is 2. The molecule has 0 radical (unpaired) electrons. The van der Waals surface area contributed by atoms with Crippen molar-refractivity contribution in [3.63, 3.8) is 0 Å². The van der Waals surface area contributed by atoms with Crippen molar-refractivity contribution in [3.05, 3.63) is 40.7 Å². The van der Waals surface area contributed by atoms with Crippen LogP contribution in [-0.4, -0.2) is 41.0 Å². The van der Waals surface area contributed by atoms with Gasteiger partial charge in [0, 0.05) is 24.7 Å². The molecule has 7 heteroatoms. The molecule has 2 aromatic heterocycles. The minimum atomic E-state index is -0.279. The van der Waals surface area contributed by atoms with Gasteiger partial charge in [-0.05, 0) is 52.7 Å². The standard InChI is InChI=1S/C19H25N3O4/c1-11-5-6-16(25-11)18(23)20-15-7-9-22(10-8-15)19(24)12(2)17-13(3)21-26-14(17)4/h5-6,12,15H,7-10H2,1-4H3,(H,20,23). The number of nitrogens with one attached hydrogen (secondary N) is 1. The number of furan rings is 1. The number of likely N-dealkylation sites (tertiary alicyclic amines) is 1. The molecule has 0 spiro atoms. The van der Waals surface area contributed by atoms with Crippen molar-refractivity contribution in [3.8, 4) is 0 Å². The zero-order valence-electron chi connectivity index (χ0n) is 15.7. The fourth-order valence-electron chi connectivity index (χ4n) is 3.56. The third-order valence-corrected chi connectivity index (χ3v) is 5.00. The Morgan fingerprint density at radius 3 is 2.46 bits per heavy atom. The molecule has 2 aromatic rings. The van der Waals surface area contributed by atoms with Crippen LogP contribution in [-0.2, 0) is 4.79 Å². The van der Waals surface area contributed by atoms with Gasteiger partial charge in [0.1, 0.15) is 11.5 Å². The van der Waals surface area contributed by atoms with Gasteiger partial charge >= 0.3 is 0 Å². The van der Waals surface area contributed by atoms with Gasteiger partial charge in [0.05, 0.1) is 11.6 Å². The van der Waals surface area contributed by atoms with E-state index in [-0.39, 0.29) is 23.8 Å². The summed E-state index contributed by atoms with van der Waals surface area (Å²) in [7, 11) is 0. The maximum atomic E-state index is 12.8. The molecule has 140 valence electrons. The van der Waals surface area contributed by atoms with Gasteiger partial charge in [-0.1, -0.05) is 5.16 Å². The van der Waals surface area contributed by atoms with Crippen LogP contribution in [0.1, 0.15) is 59.0 Å². The third kappa shape index (κ3) is 3.66. The van der Waals surface area contributed by atoms with E-state index in [1.54, 1.807) is 19.1 Å². The summed E-state index contributed by atoms with van der Waals surface area (Å²) >= 11 is 0. The molecule has 0 bridgehead atoms. The molecule has 1 aliphatic rings. The van der Waals surface area contributed by atoms with Crippen LogP contribution in [0.5, 0.6) is 0 Å². The minimum absolute atomic E-state index is 0.0475. The molecule has 1 fully saturated rings. The van der Waals surface area contributed by atoms with Crippen molar-refractivity contribution >= 4 is 11.8 Å². The lowest BCUT2D eigenvalue weighted by Crippen LogP contribution is -2.47. The number of aromatic nitrogens is 1. The van der Waals surface area contributed by atoms with Crippen LogP contribution < -0.4 is 5.32 Å². The summed E-state index contributed by atoms with van der Waals surface area (Å²) in [5, 5.41) is 6.93. The van der Waals surface area contributed by atoms with Crippen molar-refractivity contribution in [2.24, 2.45) is 0 Å². The van der Waals surface area contributed by atoms with Crippen LogP contribution in [0.2, 0.25) is 0 Å². The number of aryl methyl sites for hydroxylation is 3. The topological polar surface area (TPSA) is 88.6 Å². The van der Waals surface area contributed by atoms with Gasteiger partial charge in [-0.15, -0.1) is 0 Å². The maximum absolute atomic E-state index is 12.8. The molecule has 1 aliphatic heterocycles. The lowest BCUT2D eigenvalue weighted by Gasteiger charge is -2.33. The SMILES string of the molecule is Cc1ccc(C(=O)NC2CCN(C(=O)C(C)c3c(C)noc3C)CC2)o1. The Morgan fingerprint density at radius 2 is 1.92 bits per heavy atom. The van der Waals surface area contributed by atoms with Gasteiger partial charge in [0.25, 0.3) is 5.91 Å². The lowest BCUT2D eigenvalue weighted by atomic mass is 9.96. The first-order valence-electron chi connectivity index (χ1n) is 8.95. The zero-order valence-corrected chi connectivity index (χ0v) is 15.7. The van der Waals surface area contributed by atoms with Crippen LogP contribution in [0.3, 0.4) is 0 Å². The van der Waals surface area contributed by atoms with E-state index in [0.29, 0.717) is 30.4 Å². The highest BCUT2D eigenvalue weighted by Gasteiger charge is 2.30. The van der Waals surface area contributed by atoms with E-state index in [9.17, 15) is 9.59 Å². The largest absolute Gasteiger partial charge is 0.456 e. The fraction of sp³-hybridized carbons (Fsp3) is 0.526. The Hall–Kier alpha value is -2.57. The van der Waals surface area contributed by atoms with Crippen molar-refractivity contribution in [2.75, 3.05) is 13.1 Å². The van der Waals surface area contributed by atoms with Crippen molar-refractivity contribution < 1.29 is 18.5 Å². The average molecular weight is 359 g/mol. The van der Waals surface area contributed by atoms with E-state index in [4.69, 9.17) is 8.94 Å². The summed E-state index contributed by atoms with van der Waals surface area (Å²) in [6, 6.07) is 3.49. The van der Waals surface area contributed by atoms with E-state index in [0.717, 1.165) is 24.1 Å². The molecule has 7 nitrogen and oxygen atoms in total. The summed E-state index contributed by atoms with van der Waals surface area (Å²) in [6.07, 6.45) is 1.46. The number of piperidine rings is 1. The number of hydrogen-bond donors (Lipinski definition) is 1. The Kier molecular flexibility index (Phi) is 5.15. The molecule has 0 aromatic carbocycles. The van der Waals surface area contributed by atoms with Crippen molar-refractivity contribution in [1.82, 2.24) is 15.4 Å². The van der Waals surface area contributed by atoms with Gasteiger partial charge in [-0.3, -0.25) is 9.59 Å². The van der Waals surface area contributed by atoms with Crippen LogP contribution in [0.15, 0.2) is 21.1 Å². The highest BCUT2D eigenvalue weighted by Crippen LogP contribution is 2.26. The molecule has 3 rings (SSSR count). The normalized spacial score (nSPS) is 16.5. The molecular weight excluding hydrogens is 334 g/mol. The molecular formula is C19H25N3O4. The monoisotopic (exact) mass is 359 g/mol. The van der Waals surface area contributed by atoms with Crippen LogP contribution in [0.4, 0.5) is 0 Å². The predicted octanol–water partition coefficient (Wildman–Crippen LogP) is 2.72. The molecule has 3 heterocycles. The maximum Gasteiger partial charge on any atom is 0.287 e. The summed E-state index contributed by atoms with van der Waals surface area (Å²) in [5.41, 5.74) is 1.64. The number of rotatable bonds is 4. The van der Waals surface area contributed by atoms with Gasteiger partial charge in [-0.25, -0.2) is 0 Å². The molecule has 0 saturated carbocycles. The number of hydrogen-bond acceptors (Lipinski definition) is 5. The number of nitrogens with zero attached hydrogens (tertiary/aromatic N) is 2. The van der Waals surface area contributed by atoms with Gasteiger partial charge in [0.15, 0.2) is 5.76 Å². The Bertz CT molecular complexity index is 780. The second-order valence-corrected chi connectivity index (χ2v) is 6.94. The van der Waals surface area contributed by atoms with E-state index < -0.39 is 0 Å². The minimum Gasteiger partial charge on any atom is -0.456 e. The molecule has 0 aliphatic carbocycles. The predicted molar refractivity (Wildman–Crippen MR) is 94.9 cm³/mol. The van der Waals surface area contributed by atoms with Gasteiger partial charge in [0.2, 0.25) is 5.91 Å². The Morgan fingerprint density at radius 1 is 1.23 bits per heavy atom. The Balaban J connectivity index is 1.55. The first-order chi connectivity index (χ1) is 12.4. The molecule has 1 atom stereocenters.